The summed E-state index contributed by atoms with van der Waals surface area (Å²) in [6.07, 6.45) is 0. The first-order valence-electron chi connectivity index (χ1n) is 5.00. The summed E-state index contributed by atoms with van der Waals surface area (Å²) in [5, 5.41) is 8.59. The van der Waals surface area contributed by atoms with E-state index in [-0.39, 0.29) is 11.3 Å². The van der Waals surface area contributed by atoms with Crippen LogP contribution in [0.1, 0.15) is 22.3 Å². The van der Waals surface area contributed by atoms with Crippen molar-refractivity contribution in [1.82, 2.24) is 0 Å². The quantitative estimate of drug-likeness (QED) is 0.889. The molecule has 0 heterocycles. The normalized spacial score (nSPS) is 11.4. The van der Waals surface area contributed by atoms with Gasteiger partial charge in [-0.2, -0.15) is 8.78 Å². The van der Waals surface area contributed by atoms with Gasteiger partial charge in [-0.3, -0.25) is 0 Å². The predicted octanol–water partition coefficient (Wildman–Crippen LogP) is 2.80. The highest BCUT2D eigenvalue weighted by atomic mass is 19.3. The molecule has 0 spiro atoms. The van der Waals surface area contributed by atoms with Crippen LogP contribution in [0, 0.1) is 20.8 Å². The summed E-state index contributed by atoms with van der Waals surface area (Å²) in [5.41, 5.74) is 0.936. The van der Waals surface area contributed by atoms with Crippen molar-refractivity contribution in [3.05, 3.63) is 28.3 Å². The summed E-state index contributed by atoms with van der Waals surface area (Å²) >= 11 is 0. The van der Waals surface area contributed by atoms with E-state index in [1.165, 1.54) is 20.1 Å². The van der Waals surface area contributed by atoms with Crippen molar-refractivity contribution in [2.24, 2.45) is 0 Å². The molecule has 0 unspecified atom stereocenters. The van der Waals surface area contributed by atoms with Gasteiger partial charge in [-0.1, -0.05) is 6.07 Å². The van der Waals surface area contributed by atoms with Gasteiger partial charge in [0, 0.05) is 0 Å². The molecule has 1 aromatic rings. The second-order valence-electron chi connectivity index (χ2n) is 3.92. The lowest BCUT2D eigenvalue weighted by Gasteiger charge is -2.20. The molecule has 17 heavy (non-hydrogen) atoms. The summed E-state index contributed by atoms with van der Waals surface area (Å²) in [7, 11) is 1.25. The monoisotopic (exact) mass is 244 g/mol. The molecule has 0 saturated carbocycles. The van der Waals surface area contributed by atoms with Crippen LogP contribution in [0.5, 0.6) is 5.75 Å². The Morgan fingerprint density at radius 3 is 2.24 bits per heavy atom. The number of alkyl halides is 2. The van der Waals surface area contributed by atoms with Crippen LogP contribution in [0.3, 0.4) is 0 Å². The molecule has 1 N–H and O–H groups in total. The number of benzene rings is 1. The minimum Gasteiger partial charge on any atom is -0.496 e. The highest BCUT2D eigenvalue weighted by Crippen LogP contribution is 2.40. The number of carboxylic acids is 1. The van der Waals surface area contributed by atoms with E-state index in [2.05, 4.69) is 0 Å². The first-order chi connectivity index (χ1) is 7.73. The van der Waals surface area contributed by atoms with Crippen molar-refractivity contribution < 1.29 is 23.4 Å². The van der Waals surface area contributed by atoms with Gasteiger partial charge in [-0.05, 0) is 37.5 Å². The number of halogens is 2. The molecule has 5 heteroatoms. The minimum atomic E-state index is -3.95. The number of methoxy groups -OCH3 is 1. The van der Waals surface area contributed by atoms with E-state index < -0.39 is 17.5 Å². The fourth-order valence-corrected chi connectivity index (χ4v) is 1.80. The van der Waals surface area contributed by atoms with E-state index in [1.807, 2.05) is 0 Å². The maximum absolute atomic E-state index is 13.6. The van der Waals surface area contributed by atoms with Crippen molar-refractivity contribution >= 4 is 5.97 Å². The number of rotatable bonds is 3. The second-order valence-corrected chi connectivity index (χ2v) is 3.92. The Morgan fingerprint density at radius 1 is 1.29 bits per heavy atom. The number of carbonyl (C=O) groups is 1. The summed E-state index contributed by atoms with van der Waals surface area (Å²) in [6, 6.07) is 1.53. The maximum atomic E-state index is 13.6. The lowest BCUT2D eigenvalue weighted by molar-refractivity contribution is -0.166. The lowest BCUT2D eigenvalue weighted by Crippen LogP contribution is -2.27. The predicted molar refractivity (Wildman–Crippen MR) is 58.7 cm³/mol. The van der Waals surface area contributed by atoms with Gasteiger partial charge in [0.05, 0.1) is 12.7 Å². The van der Waals surface area contributed by atoms with Crippen molar-refractivity contribution in [3.8, 4) is 5.75 Å². The van der Waals surface area contributed by atoms with Crippen molar-refractivity contribution in [2.75, 3.05) is 7.11 Å². The van der Waals surface area contributed by atoms with Crippen LogP contribution in [0.25, 0.3) is 0 Å². The van der Waals surface area contributed by atoms with Gasteiger partial charge >= 0.3 is 11.9 Å². The molecular formula is C12H14F2O3. The molecule has 0 amide bonds. The number of hydrogen-bond acceptors (Lipinski definition) is 2. The van der Waals surface area contributed by atoms with E-state index in [0.29, 0.717) is 5.56 Å². The molecule has 3 nitrogen and oxygen atoms in total. The molecule has 0 saturated heterocycles. The fraction of sp³-hybridized carbons (Fsp3) is 0.417. The van der Waals surface area contributed by atoms with Gasteiger partial charge in [0.25, 0.3) is 0 Å². The van der Waals surface area contributed by atoms with Crippen LogP contribution >= 0.6 is 0 Å². The van der Waals surface area contributed by atoms with E-state index in [4.69, 9.17) is 9.84 Å². The van der Waals surface area contributed by atoms with Gasteiger partial charge < -0.3 is 9.84 Å². The molecule has 0 radical (unpaired) electrons. The Bertz CT molecular complexity index is 467. The van der Waals surface area contributed by atoms with Gasteiger partial charge in [0.2, 0.25) is 0 Å². The minimum absolute atomic E-state index is 0.0603. The third-order valence-electron chi connectivity index (χ3n) is 2.77. The van der Waals surface area contributed by atoms with E-state index in [0.717, 1.165) is 5.56 Å². The molecule has 0 atom stereocenters. The number of aryl methyl sites for hydroxylation is 2. The Labute approximate surface area is 98.0 Å². The number of carboxylic acid groups (broad SMARTS) is 1. The number of ether oxygens (including phenoxy) is 1. The largest absolute Gasteiger partial charge is 0.496 e. The summed E-state index contributed by atoms with van der Waals surface area (Å²) in [5.74, 6) is -6.19. The molecular weight excluding hydrogens is 230 g/mol. The summed E-state index contributed by atoms with van der Waals surface area (Å²) in [4.78, 5) is 10.6. The van der Waals surface area contributed by atoms with Gasteiger partial charge in [0.15, 0.2) is 0 Å². The molecule has 0 aliphatic carbocycles. The zero-order valence-electron chi connectivity index (χ0n) is 10.1. The number of aliphatic carboxylic acids is 1. The Hall–Kier alpha value is -1.65. The van der Waals surface area contributed by atoms with Crippen LogP contribution in [-0.2, 0) is 10.7 Å². The van der Waals surface area contributed by atoms with Crippen LogP contribution in [0.4, 0.5) is 8.78 Å². The molecule has 1 aromatic carbocycles. The molecule has 0 fully saturated rings. The van der Waals surface area contributed by atoms with Gasteiger partial charge in [-0.25, -0.2) is 4.79 Å². The third-order valence-corrected chi connectivity index (χ3v) is 2.77. The van der Waals surface area contributed by atoms with Gasteiger partial charge in [-0.15, -0.1) is 0 Å². The van der Waals surface area contributed by atoms with Crippen LogP contribution in [-0.4, -0.2) is 18.2 Å². The van der Waals surface area contributed by atoms with Crippen molar-refractivity contribution in [2.45, 2.75) is 26.7 Å². The van der Waals surface area contributed by atoms with Crippen molar-refractivity contribution in [1.29, 1.82) is 0 Å². The first kappa shape index (κ1) is 13.4. The van der Waals surface area contributed by atoms with Crippen LogP contribution < -0.4 is 4.74 Å². The third kappa shape index (κ3) is 2.09. The molecule has 0 bridgehead atoms. The standard InChI is InChI=1S/C12H14F2O3/c1-6-5-7(2)9(10(17-4)8(6)3)12(13,14)11(15)16/h5H,1-4H3,(H,15,16). The van der Waals surface area contributed by atoms with Crippen LogP contribution in [0.2, 0.25) is 0 Å². The van der Waals surface area contributed by atoms with Crippen LogP contribution in [0.15, 0.2) is 6.07 Å². The zero-order chi connectivity index (χ0) is 13.4. The molecule has 0 aliphatic heterocycles. The average molecular weight is 244 g/mol. The van der Waals surface area contributed by atoms with Gasteiger partial charge in [0.1, 0.15) is 5.75 Å². The lowest BCUT2D eigenvalue weighted by atomic mass is 9.95. The summed E-state index contributed by atoms with van der Waals surface area (Å²) < 4.78 is 32.2. The van der Waals surface area contributed by atoms with E-state index >= 15 is 0 Å². The summed E-state index contributed by atoms with van der Waals surface area (Å²) in [6.45, 7) is 4.82. The second kappa shape index (κ2) is 4.31. The zero-order valence-corrected chi connectivity index (χ0v) is 10.1. The maximum Gasteiger partial charge on any atom is 0.379 e. The highest BCUT2D eigenvalue weighted by molar-refractivity contribution is 5.79. The molecule has 94 valence electrons. The highest BCUT2D eigenvalue weighted by Gasteiger charge is 2.45. The fourth-order valence-electron chi connectivity index (χ4n) is 1.80. The van der Waals surface area contributed by atoms with E-state index in [9.17, 15) is 13.6 Å². The Balaban J connectivity index is 3.64. The molecule has 0 aliphatic rings. The smallest absolute Gasteiger partial charge is 0.379 e. The first-order valence-corrected chi connectivity index (χ1v) is 5.00. The topological polar surface area (TPSA) is 46.5 Å². The average Bonchev–Trinajstić information content (AvgIpc) is 2.22. The number of hydrogen-bond donors (Lipinski definition) is 1. The van der Waals surface area contributed by atoms with E-state index in [1.54, 1.807) is 13.8 Å². The van der Waals surface area contributed by atoms with Crippen molar-refractivity contribution in [3.63, 3.8) is 0 Å². The molecule has 0 aromatic heterocycles. The molecule has 1 rings (SSSR count). The SMILES string of the molecule is COc1c(C)c(C)cc(C)c1C(F)(F)C(=O)O. The Morgan fingerprint density at radius 2 is 1.82 bits per heavy atom. The Kier molecular flexibility index (Phi) is 3.40.